The third-order valence-electron chi connectivity index (χ3n) is 3.37. The third-order valence-corrected chi connectivity index (χ3v) is 3.37. The van der Waals surface area contributed by atoms with Crippen LogP contribution in [-0.4, -0.2) is 37.0 Å². The predicted octanol–water partition coefficient (Wildman–Crippen LogP) is 1.93. The Bertz CT molecular complexity index is 475. The minimum atomic E-state index is -0.341. The molecule has 5 heteroatoms. The molecule has 0 atom stereocenters. The Labute approximate surface area is 118 Å². The van der Waals surface area contributed by atoms with E-state index in [1.54, 1.807) is 18.0 Å². The van der Waals surface area contributed by atoms with Crippen LogP contribution in [0.3, 0.4) is 0 Å². The van der Waals surface area contributed by atoms with Gasteiger partial charge >= 0.3 is 0 Å². The Morgan fingerprint density at radius 3 is 2.85 bits per heavy atom. The smallest absolute Gasteiger partial charge is 0.260 e. The fourth-order valence-electron chi connectivity index (χ4n) is 1.79. The maximum atomic E-state index is 13.5. The van der Waals surface area contributed by atoms with Crippen LogP contribution in [0.4, 0.5) is 4.39 Å². The van der Waals surface area contributed by atoms with Crippen molar-refractivity contribution in [2.45, 2.75) is 32.4 Å². The lowest BCUT2D eigenvalue weighted by molar-refractivity contribution is -0.131. The number of hydrogen-bond acceptors (Lipinski definition) is 3. The summed E-state index contributed by atoms with van der Waals surface area (Å²) >= 11 is 0. The maximum absolute atomic E-state index is 13.5. The molecule has 1 saturated carbocycles. The number of benzene rings is 1. The molecular weight excluding hydrogens is 259 g/mol. The van der Waals surface area contributed by atoms with Crippen molar-refractivity contribution in [2.24, 2.45) is 0 Å². The van der Waals surface area contributed by atoms with Gasteiger partial charge in [-0.1, -0.05) is 0 Å². The Hall–Kier alpha value is -1.62. The summed E-state index contributed by atoms with van der Waals surface area (Å²) in [5.74, 6) is -0.0590. The summed E-state index contributed by atoms with van der Waals surface area (Å²) in [6.45, 7) is 3.08. The van der Waals surface area contributed by atoms with E-state index in [0.717, 1.165) is 5.56 Å². The zero-order valence-corrected chi connectivity index (χ0v) is 12.0. The van der Waals surface area contributed by atoms with Gasteiger partial charge in [0.1, 0.15) is 11.6 Å². The standard InChI is InChI=1S/C15H21FN2O2/c1-3-18(2)15(19)10-20-14-7-11(6-12(16)8-14)9-17-13-4-5-13/h6-8,13,17H,3-5,9-10H2,1-2H3. The Kier molecular flexibility index (Phi) is 4.95. The van der Waals surface area contributed by atoms with Gasteiger partial charge in [-0.25, -0.2) is 4.39 Å². The zero-order valence-electron chi connectivity index (χ0n) is 12.0. The molecule has 0 aliphatic heterocycles. The Morgan fingerprint density at radius 2 is 2.20 bits per heavy atom. The molecule has 0 radical (unpaired) electrons. The predicted molar refractivity (Wildman–Crippen MR) is 75.1 cm³/mol. The number of nitrogens with one attached hydrogen (secondary N) is 1. The first kappa shape index (κ1) is 14.8. The van der Waals surface area contributed by atoms with Crippen molar-refractivity contribution in [2.75, 3.05) is 20.2 Å². The molecule has 1 aromatic rings. The van der Waals surface area contributed by atoms with Gasteiger partial charge in [-0.2, -0.15) is 0 Å². The summed E-state index contributed by atoms with van der Waals surface area (Å²) in [5, 5.41) is 3.32. The Morgan fingerprint density at radius 1 is 1.45 bits per heavy atom. The van der Waals surface area contributed by atoms with Crippen LogP contribution in [-0.2, 0) is 11.3 Å². The average Bonchev–Trinajstić information content (AvgIpc) is 3.25. The topological polar surface area (TPSA) is 41.6 Å². The highest BCUT2D eigenvalue weighted by Crippen LogP contribution is 2.21. The van der Waals surface area contributed by atoms with Crippen molar-refractivity contribution < 1.29 is 13.9 Å². The van der Waals surface area contributed by atoms with E-state index >= 15 is 0 Å². The Balaban J connectivity index is 1.90. The molecular formula is C15H21FN2O2. The van der Waals surface area contributed by atoms with E-state index in [2.05, 4.69) is 5.32 Å². The number of nitrogens with zero attached hydrogens (tertiary/aromatic N) is 1. The number of carbonyl (C=O) groups is 1. The van der Waals surface area contributed by atoms with Crippen molar-refractivity contribution in [3.05, 3.63) is 29.6 Å². The van der Waals surface area contributed by atoms with Gasteiger partial charge in [0.05, 0.1) is 0 Å². The van der Waals surface area contributed by atoms with Crippen LogP contribution >= 0.6 is 0 Å². The molecule has 0 bridgehead atoms. The minimum Gasteiger partial charge on any atom is -0.484 e. The summed E-state index contributed by atoms with van der Waals surface area (Å²) in [4.78, 5) is 13.2. The molecule has 1 amide bonds. The second-order valence-electron chi connectivity index (χ2n) is 5.15. The summed E-state index contributed by atoms with van der Waals surface area (Å²) in [5.41, 5.74) is 0.836. The van der Waals surface area contributed by atoms with Crippen LogP contribution < -0.4 is 10.1 Å². The van der Waals surface area contributed by atoms with E-state index in [9.17, 15) is 9.18 Å². The van der Waals surface area contributed by atoms with Crippen LogP contribution in [0.2, 0.25) is 0 Å². The van der Waals surface area contributed by atoms with Crippen LogP contribution in [0.1, 0.15) is 25.3 Å². The van der Waals surface area contributed by atoms with Gasteiger partial charge in [0.2, 0.25) is 0 Å². The molecule has 1 N–H and O–H groups in total. The van der Waals surface area contributed by atoms with E-state index < -0.39 is 0 Å². The number of amides is 1. The molecule has 2 rings (SSSR count). The third kappa shape index (κ3) is 4.49. The number of carbonyl (C=O) groups excluding carboxylic acids is 1. The van der Waals surface area contributed by atoms with E-state index in [4.69, 9.17) is 4.74 Å². The van der Waals surface area contributed by atoms with Gasteiger partial charge in [-0.05, 0) is 37.5 Å². The molecule has 20 heavy (non-hydrogen) atoms. The lowest BCUT2D eigenvalue weighted by Gasteiger charge is -2.15. The van der Waals surface area contributed by atoms with Gasteiger partial charge in [-0.15, -0.1) is 0 Å². The highest BCUT2D eigenvalue weighted by molar-refractivity contribution is 5.77. The minimum absolute atomic E-state index is 0.0662. The van der Waals surface area contributed by atoms with Crippen molar-refractivity contribution in [1.29, 1.82) is 0 Å². The van der Waals surface area contributed by atoms with Gasteiger partial charge in [0.25, 0.3) is 5.91 Å². The fraction of sp³-hybridized carbons (Fsp3) is 0.533. The van der Waals surface area contributed by atoms with E-state index in [1.165, 1.54) is 25.0 Å². The highest BCUT2D eigenvalue weighted by atomic mass is 19.1. The second-order valence-corrected chi connectivity index (χ2v) is 5.15. The molecule has 0 aromatic heterocycles. The van der Waals surface area contributed by atoms with Crippen molar-refractivity contribution in [1.82, 2.24) is 10.2 Å². The summed E-state index contributed by atoms with van der Waals surface area (Å²) in [7, 11) is 1.71. The molecule has 1 fully saturated rings. The first-order valence-corrected chi connectivity index (χ1v) is 6.98. The zero-order chi connectivity index (χ0) is 14.5. The molecule has 1 aliphatic rings. The molecule has 0 saturated heterocycles. The van der Waals surface area contributed by atoms with E-state index in [-0.39, 0.29) is 18.3 Å². The summed E-state index contributed by atoms with van der Waals surface area (Å²) in [6.07, 6.45) is 2.38. The summed E-state index contributed by atoms with van der Waals surface area (Å²) < 4.78 is 18.9. The average molecular weight is 280 g/mol. The van der Waals surface area contributed by atoms with Crippen molar-refractivity contribution in [3.8, 4) is 5.75 Å². The lowest BCUT2D eigenvalue weighted by atomic mass is 10.2. The summed E-state index contributed by atoms with van der Waals surface area (Å²) in [6, 6.07) is 5.14. The number of hydrogen-bond donors (Lipinski definition) is 1. The number of halogens is 1. The fourth-order valence-corrected chi connectivity index (χ4v) is 1.79. The monoisotopic (exact) mass is 280 g/mol. The quantitative estimate of drug-likeness (QED) is 0.830. The van der Waals surface area contributed by atoms with E-state index in [1.807, 2.05) is 6.92 Å². The normalized spacial score (nSPS) is 14.2. The molecule has 1 aromatic carbocycles. The van der Waals surface area contributed by atoms with Crippen molar-refractivity contribution >= 4 is 5.91 Å². The van der Waals surface area contributed by atoms with Crippen LogP contribution in [0, 0.1) is 5.82 Å². The molecule has 0 heterocycles. The van der Waals surface area contributed by atoms with Crippen LogP contribution in [0.25, 0.3) is 0 Å². The largest absolute Gasteiger partial charge is 0.484 e. The number of ether oxygens (including phenoxy) is 1. The first-order chi connectivity index (χ1) is 9.58. The van der Waals surface area contributed by atoms with E-state index in [0.29, 0.717) is 24.9 Å². The second kappa shape index (κ2) is 6.70. The van der Waals surface area contributed by atoms with Gasteiger partial charge in [-0.3, -0.25) is 4.79 Å². The lowest BCUT2D eigenvalue weighted by Crippen LogP contribution is -2.31. The van der Waals surface area contributed by atoms with Gasteiger partial charge < -0.3 is 15.0 Å². The molecule has 0 spiro atoms. The molecule has 4 nitrogen and oxygen atoms in total. The number of likely N-dealkylation sites (N-methyl/N-ethyl adjacent to an activating group) is 1. The SMILES string of the molecule is CCN(C)C(=O)COc1cc(F)cc(CNC2CC2)c1. The molecule has 110 valence electrons. The molecule has 0 unspecified atom stereocenters. The van der Waals surface area contributed by atoms with Gasteiger partial charge in [0, 0.05) is 32.2 Å². The molecule has 1 aliphatic carbocycles. The number of rotatable bonds is 7. The van der Waals surface area contributed by atoms with Gasteiger partial charge in [0.15, 0.2) is 6.61 Å². The van der Waals surface area contributed by atoms with Crippen molar-refractivity contribution in [3.63, 3.8) is 0 Å². The first-order valence-electron chi connectivity index (χ1n) is 6.98. The van der Waals surface area contributed by atoms with Crippen LogP contribution in [0.15, 0.2) is 18.2 Å². The highest BCUT2D eigenvalue weighted by Gasteiger charge is 2.20. The van der Waals surface area contributed by atoms with Crippen LogP contribution in [0.5, 0.6) is 5.75 Å². The maximum Gasteiger partial charge on any atom is 0.260 e.